The molecule has 2 N–H and O–H groups in total. The molecule has 1 fully saturated rings. The Labute approximate surface area is 87.0 Å². The van der Waals surface area contributed by atoms with Crippen LogP contribution in [0.3, 0.4) is 0 Å². The van der Waals surface area contributed by atoms with E-state index in [9.17, 15) is 9.18 Å². The fraction of sp³-hybridized carbons (Fsp3) is 0.364. The average molecular weight is 209 g/mol. The number of benzene rings is 1. The number of ether oxygens (including phenoxy) is 1. The van der Waals surface area contributed by atoms with Gasteiger partial charge in [-0.15, -0.1) is 0 Å². The van der Waals surface area contributed by atoms with Crippen molar-refractivity contribution in [2.45, 2.75) is 12.8 Å². The third-order valence-corrected chi connectivity index (χ3v) is 2.38. The summed E-state index contributed by atoms with van der Waals surface area (Å²) >= 11 is 0. The van der Waals surface area contributed by atoms with Crippen LogP contribution in [0.4, 0.5) is 4.39 Å². The van der Waals surface area contributed by atoms with Gasteiger partial charge in [0.1, 0.15) is 11.6 Å². The topological polar surface area (TPSA) is 52.3 Å². The molecule has 1 amide bonds. The highest BCUT2D eigenvalue weighted by Gasteiger charge is 2.22. The van der Waals surface area contributed by atoms with Crippen LogP contribution >= 0.6 is 0 Å². The molecule has 0 aromatic heterocycles. The molecule has 1 aromatic rings. The second kappa shape index (κ2) is 3.88. The number of carbonyl (C=O) groups excluding carboxylic acids is 1. The van der Waals surface area contributed by atoms with Crippen LogP contribution in [0.15, 0.2) is 18.2 Å². The van der Waals surface area contributed by atoms with Crippen molar-refractivity contribution < 1.29 is 13.9 Å². The van der Waals surface area contributed by atoms with Crippen LogP contribution in [0.25, 0.3) is 0 Å². The first-order valence-electron chi connectivity index (χ1n) is 4.89. The Kier molecular flexibility index (Phi) is 2.58. The number of halogens is 1. The Morgan fingerprint density at radius 2 is 2.27 bits per heavy atom. The summed E-state index contributed by atoms with van der Waals surface area (Å²) in [6.07, 6.45) is 2.28. The van der Waals surface area contributed by atoms with Crippen molar-refractivity contribution in [1.82, 2.24) is 0 Å². The molecule has 15 heavy (non-hydrogen) atoms. The summed E-state index contributed by atoms with van der Waals surface area (Å²) < 4.78 is 18.3. The quantitative estimate of drug-likeness (QED) is 0.820. The maximum absolute atomic E-state index is 12.9. The molecule has 0 bridgehead atoms. The summed E-state index contributed by atoms with van der Waals surface area (Å²) in [4.78, 5) is 11.0. The molecule has 0 heterocycles. The number of amides is 1. The van der Waals surface area contributed by atoms with Crippen LogP contribution in [0.5, 0.6) is 5.75 Å². The molecule has 0 unspecified atom stereocenters. The van der Waals surface area contributed by atoms with Gasteiger partial charge >= 0.3 is 0 Å². The van der Waals surface area contributed by atoms with E-state index < -0.39 is 11.7 Å². The van der Waals surface area contributed by atoms with Gasteiger partial charge in [-0.05, 0) is 30.9 Å². The van der Waals surface area contributed by atoms with Crippen molar-refractivity contribution in [3.8, 4) is 5.75 Å². The Bertz CT molecular complexity index is 388. The molecular formula is C11H12FNO2. The van der Waals surface area contributed by atoms with Crippen molar-refractivity contribution in [3.05, 3.63) is 29.6 Å². The van der Waals surface area contributed by atoms with Crippen molar-refractivity contribution in [1.29, 1.82) is 0 Å². The minimum atomic E-state index is -0.596. The van der Waals surface area contributed by atoms with Gasteiger partial charge in [0.2, 0.25) is 0 Å². The van der Waals surface area contributed by atoms with E-state index in [-0.39, 0.29) is 11.3 Å². The molecule has 4 heteroatoms. The fourth-order valence-corrected chi connectivity index (χ4v) is 1.31. The van der Waals surface area contributed by atoms with Crippen molar-refractivity contribution in [2.24, 2.45) is 11.7 Å². The molecule has 0 aliphatic heterocycles. The SMILES string of the molecule is NC(=O)c1ccc(F)cc1OCC1CC1. The van der Waals surface area contributed by atoms with E-state index in [1.165, 1.54) is 18.2 Å². The van der Waals surface area contributed by atoms with Crippen molar-refractivity contribution in [2.75, 3.05) is 6.61 Å². The zero-order chi connectivity index (χ0) is 10.8. The molecular weight excluding hydrogens is 197 g/mol. The maximum atomic E-state index is 12.9. The van der Waals surface area contributed by atoms with Gasteiger partial charge in [-0.25, -0.2) is 4.39 Å². The smallest absolute Gasteiger partial charge is 0.252 e. The van der Waals surface area contributed by atoms with Gasteiger partial charge in [-0.3, -0.25) is 4.79 Å². The molecule has 1 saturated carbocycles. The van der Waals surface area contributed by atoms with Gasteiger partial charge in [0, 0.05) is 6.07 Å². The first kappa shape index (κ1) is 9.96. The highest BCUT2D eigenvalue weighted by atomic mass is 19.1. The Hall–Kier alpha value is -1.58. The molecule has 1 aromatic carbocycles. The summed E-state index contributed by atoms with van der Waals surface area (Å²) in [5.74, 6) is -0.227. The van der Waals surface area contributed by atoms with Gasteiger partial charge in [0.15, 0.2) is 0 Å². The Balaban J connectivity index is 2.16. The summed E-state index contributed by atoms with van der Waals surface area (Å²) in [6.45, 7) is 0.531. The predicted octanol–water partition coefficient (Wildman–Crippen LogP) is 1.71. The molecule has 80 valence electrons. The lowest BCUT2D eigenvalue weighted by Gasteiger charge is -2.08. The van der Waals surface area contributed by atoms with Crippen molar-refractivity contribution >= 4 is 5.91 Å². The summed E-state index contributed by atoms with van der Waals surface area (Å²) in [5.41, 5.74) is 5.38. The van der Waals surface area contributed by atoms with Crippen LogP contribution in [-0.4, -0.2) is 12.5 Å². The van der Waals surface area contributed by atoms with Crippen LogP contribution in [-0.2, 0) is 0 Å². The van der Waals surface area contributed by atoms with Crippen LogP contribution in [0.2, 0.25) is 0 Å². The van der Waals surface area contributed by atoms with E-state index >= 15 is 0 Å². The third kappa shape index (κ3) is 2.46. The second-order valence-corrected chi connectivity index (χ2v) is 3.76. The van der Waals surface area contributed by atoms with Gasteiger partial charge < -0.3 is 10.5 Å². The largest absolute Gasteiger partial charge is 0.492 e. The van der Waals surface area contributed by atoms with E-state index in [2.05, 4.69) is 0 Å². The lowest BCUT2D eigenvalue weighted by Crippen LogP contribution is -2.14. The standard InChI is InChI=1S/C11H12FNO2/c12-8-3-4-9(11(13)14)10(5-8)15-6-7-1-2-7/h3-5,7H,1-2,6H2,(H2,13,14). The predicted molar refractivity (Wildman–Crippen MR) is 53.1 cm³/mol. The first-order valence-corrected chi connectivity index (χ1v) is 4.89. The van der Waals surface area contributed by atoms with E-state index in [0.29, 0.717) is 12.5 Å². The number of nitrogens with two attached hydrogens (primary N) is 1. The minimum Gasteiger partial charge on any atom is -0.492 e. The van der Waals surface area contributed by atoms with Gasteiger partial charge in [-0.2, -0.15) is 0 Å². The molecule has 0 saturated heterocycles. The lowest BCUT2D eigenvalue weighted by molar-refractivity contribution is 0.0996. The van der Waals surface area contributed by atoms with Crippen LogP contribution in [0.1, 0.15) is 23.2 Å². The molecule has 0 spiro atoms. The highest BCUT2D eigenvalue weighted by Crippen LogP contribution is 2.30. The lowest BCUT2D eigenvalue weighted by atomic mass is 10.2. The molecule has 1 aliphatic carbocycles. The van der Waals surface area contributed by atoms with E-state index in [1.54, 1.807) is 0 Å². The van der Waals surface area contributed by atoms with Gasteiger partial charge in [0.25, 0.3) is 5.91 Å². The summed E-state index contributed by atoms with van der Waals surface area (Å²) in [7, 11) is 0. The van der Waals surface area contributed by atoms with Crippen LogP contribution < -0.4 is 10.5 Å². The Morgan fingerprint density at radius 3 is 2.87 bits per heavy atom. The fourth-order valence-electron chi connectivity index (χ4n) is 1.31. The third-order valence-electron chi connectivity index (χ3n) is 2.38. The summed E-state index contributed by atoms with van der Waals surface area (Å²) in [5, 5.41) is 0. The molecule has 0 radical (unpaired) electrons. The number of rotatable bonds is 4. The molecule has 3 nitrogen and oxygen atoms in total. The van der Waals surface area contributed by atoms with E-state index in [1.807, 2.05) is 0 Å². The first-order chi connectivity index (χ1) is 7.16. The normalized spacial score (nSPS) is 15.0. The zero-order valence-corrected chi connectivity index (χ0v) is 8.20. The van der Waals surface area contributed by atoms with E-state index in [4.69, 9.17) is 10.5 Å². The Morgan fingerprint density at radius 1 is 1.53 bits per heavy atom. The van der Waals surface area contributed by atoms with Crippen LogP contribution in [0, 0.1) is 11.7 Å². The number of carbonyl (C=O) groups is 1. The molecule has 0 atom stereocenters. The second-order valence-electron chi connectivity index (χ2n) is 3.76. The van der Waals surface area contributed by atoms with Gasteiger partial charge in [-0.1, -0.05) is 0 Å². The molecule has 2 rings (SSSR count). The number of hydrogen-bond acceptors (Lipinski definition) is 2. The van der Waals surface area contributed by atoms with Crippen molar-refractivity contribution in [3.63, 3.8) is 0 Å². The summed E-state index contributed by atoms with van der Waals surface area (Å²) in [6, 6.07) is 3.74. The number of hydrogen-bond donors (Lipinski definition) is 1. The maximum Gasteiger partial charge on any atom is 0.252 e. The van der Waals surface area contributed by atoms with Gasteiger partial charge in [0.05, 0.1) is 12.2 Å². The zero-order valence-electron chi connectivity index (χ0n) is 8.20. The van der Waals surface area contributed by atoms with E-state index in [0.717, 1.165) is 12.8 Å². The number of primary amides is 1. The monoisotopic (exact) mass is 209 g/mol. The average Bonchev–Trinajstić information content (AvgIpc) is 2.97. The molecule has 1 aliphatic rings. The minimum absolute atomic E-state index is 0.233. The highest BCUT2D eigenvalue weighted by molar-refractivity contribution is 5.95.